The number of Topliss-reactive ketones (excluding diaryl/α,β-unsaturated/α-hetero) is 1. The fourth-order valence-electron chi connectivity index (χ4n) is 4.05. The Kier molecular flexibility index (Phi) is 8.26. The number of aryl methyl sites for hydroxylation is 1. The van der Waals surface area contributed by atoms with Gasteiger partial charge in [-0.05, 0) is 48.9 Å². The summed E-state index contributed by atoms with van der Waals surface area (Å²) in [4.78, 5) is 45.2. The number of aliphatic hydroxyl groups is 1. The van der Waals surface area contributed by atoms with Crippen LogP contribution in [0.5, 0.6) is 11.5 Å². The first-order chi connectivity index (χ1) is 18.8. The molecular weight excluding hydrogens is 520 g/mol. The molecule has 0 radical (unpaired) electrons. The zero-order valence-electron chi connectivity index (χ0n) is 21.4. The summed E-state index contributed by atoms with van der Waals surface area (Å²) in [6.45, 7) is 9.05. The van der Waals surface area contributed by atoms with Crippen molar-refractivity contribution in [3.63, 3.8) is 0 Å². The summed E-state index contributed by atoms with van der Waals surface area (Å²) in [5.74, 6) is -1.74. The number of anilines is 1. The Labute approximate surface area is 229 Å². The normalized spacial score (nSPS) is 16.2. The number of rotatable bonds is 10. The molecule has 2 aromatic carbocycles. The van der Waals surface area contributed by atoms with E-state index in [9.17, 15) is 19.5 Å². The van der Waals surface area contributed by atoms with Crippen molar-refractivity contribution in [3.8, 4) is 11.5 Å². The molecule has 10 heteroatoms. The van der Waals surface area contributed by atoms with E-state index in [1.165, 1.54) is 18.1 Å². The largest absolute Gasteiger partial charge is 0.507 e. The number of nitrogens with zero attached hydrogens (tertiary/aromatic N) is 2. The van der Waals surface area contributed by atoms with Crippen molar-refractivity contribution in [3.05, 3.63) is 101 Å². The van der Waals surface area contributed by atoms with Gasteiger partial charge in [0, 0.05) is 5.56 Å². The first-order valence-electron chi connectivity index (χ1n) is 11.8. The molecule has 0 aliphatic carbocycles. The number of benzene rings is 2. The second-order valence-electron chi connectivity index (χ2n) is 8.37. The highest BCUT2D eigenvalue weighted by molar-refractivity contribution is 7.17. The molecule has 0 bridgehead atoms. The molecule has 2 heterocycles. The third-order valence-electron chi connectivity index (χ3n) is 5.86. The quantitative estimate of drug-likeness (QED) is 0.124. The maximum absolute atomic E-state index is 13.5. The van der Waals surface area contributed by atoms with E-state index < -0.39 is 23.7 Å². The van der Waals surface area contributed by atoms with Crippen LogP contribution in [-0.2, 0) is 14.3 Å². The zero-order valence-corrected chi connectivity index (χ0v) is 22.2. The van der Waals surface area contributed by atoms with E-state index in [1.807, 2.05) is 0 Å². The van der Waals surface area contributed by atoms with E-state index in [-0.39, 0.29) is 34.6 Å². The lowest BCUT2D eigenvalue weighted by Gasteiger charge is -2.23. The third-order valence-corrected chi connectivity index (χ3v) is 7.00. The molecule has 39 heavy (non-hydrogen) atoms. The second-order valence-corrected chi connectivity index (χ2v) is 9.35. The Morgan fingerprint density at radius 2 is 1.82 bits per heavy atom. The highest BCUT2D eigenvalue weighted by atomic mass is 32.1. The van der Waals surface area contributed by atoms with Crippen LogP contribution in [0.25, 0.3) is 5.76 Å². The number of aromatic nitrogens is 1. The Balaban J connectivity index is 1.88. The van der Waals surface area contributed by atoms with Gasteiger partial charge in [0.25, 0.3) is 5.78 Å². The highest BCUT2D eigenvalue weighted by Crippen LogP contribution is 2.44. The van der Waals surface area contributed by atoms with E-state index in [2.05, 4.69) is 18.1 Å². The molecule has 1 aromatic heterocycles. The first kappa shape index (κ1) is 27.3. The fraction of sp³-hybridized carbons (Fsp3) is 0.172. The summed E-state index contributed by atoms with van der Waals surface area (Å²) in [7, 11) is 1.51. The lowest BCUT2D eigenvalue weighted by Crippen LogP contribution is -2.29. The van der Waals surface area contributed by atoms with Crippen LogP contribution in [0.4, 0.5) is 5.13 Å². The standard InChI is InChI=1S/C29H26N2O7S/c1-5-14-37-21-9-7-8-19(16-21)23-22(24(32)18-10-12-20(36-4)13-11-18)25(33)27(34)31(23)29-30-17(3)26(39-29)28(35)38-15-6-2/h5-13,16,23,32H,1-2,14-15H2,3-4H3. The Morgan fingerprint density at radius 3 is 2.49 bits per heavy atom. The van der Waals surface area contributed by atoms with Crippen LogP contribution < -0.4 is 14.4 Å². The van der Waals surface area contributed by atoms with Crippen LogP contribution in [0.3, 0.4) is 0 Å². The van der Waals surface area contributed by atoms with Gasteiger partial charge in [-0.1, -0.05) is 48.8 Å². The third kappa shape index (κ3) is 5.46. The number of methoxy groups -OCH3 is 1. The van der Waals surface area contributed by atoms with E-state index in [1.54, 1.807) is 61.5 Å². The smallest absolute Gasteiger partial charge is 0.350 e. The fourth-order valence-corrected chi connectivity index (χ4v) is 5.04. The van der Waals surface area contributed by atoms with Crippen LogP contribution in [0.1, 0.15) is 32.5 Å². The first-order valence-corrected chi connectivity index (χ1v) is 12.7. The maximum atomic E-state index is 13.5. The van der Waals surface area contributed by atoms with Crippen LogP contribution >= 0.6 is 11.3 Å². The summed E-state index contributed by atoms with van der Waals surface area (Å²) in [6.07, 6.45) is 3.03. The van der Waals surface area contributed by atoms with Crippen molar-refractivity contribution < 1.29 is 33.7 Å². The van der Waals surface area contributed by atoms with E-state index in [0.717, 1.165) is 11.3 Å². The number of hydrogen-bond acceptors (Lipinski definition) is 9. The number of ketones is 1. The van der Waals surface area contributed by atoms with Gasteiger partial charge in [0.2, 0.25) is 0 Å². The van der Waals surface area contributed by atoms with Crippen molar-refractivity contribution in [1.82, 2.24) is 4.98 Å². The molecule has 1 atom stereocenters. The molecule has 1 unspecified atom stereocenters. The van der Waals surface area contributed by atoms with Crippen molar-refractivity contribution in [2.75, 3.05) is 25.2 Å². The Morgan fingerprint density at radius 1 is 1.10 bits per heavy atom. The van der Waals surface area contributed by atoms with Crippen LogP contribution in [0.2, 0.25) is 0 Å². The lowest BCUT2D eigenvalue weighted by molar-refractivity contribution is -0.132. The molecule has 1 saturated heterocycles. The molecule has 0 spiro atoms. The molecule has 1 aliphatic rings. The molecule has 9 nitrogen and oxygen atoms in total. The number of ether oxygens (including phenoxy) is 3. The van der Waals surface area contributed by atoms with Gasteiger partial charge in [-0.2, -0.15) is 0 Å². The lowest BCUT2D eigenvalue weighted by atomic mass is 9.95. The molecule has 4 rings (SSSR count). The minimum absolute atomic E-state index is 0.00931. The number of carbonyl (C=O) groups is 3. The van der Waals surface area contributed by atoms with Crippen molar-refractivity contribution in [1.29, 1.82) is 0 Å². The molecule has 1 aliphatic heterocycles. The number of amides is 1. The van der Waals surface area contributed by atoms with Crippen LogP contribution in [0.15, 0.2) is 79.4 Å². The van der Waals surface area contributed by atoms with Gasteiger partial charge in [-0.15, -0.1) is 0 Å². The van der Waals surface area contributed by atoms with Crippen LogP contribution in [0, 0.1) is 6.92 Å². The summed E-state index contributed by atoms with van der Waals surface area (Å²) in [5.41, 5.74) is 1.02. The molecule has 1 fully saturated rings. The minimum atomic E-state index is -1.05. The Hall–Kier alpha value is -4.70. The molecule has 1 amide bonds. The summed E-state index contributed by atoms with van der Waals surface area (Å²) in [6, 6.07) is 12.2. The number of carbonyl (C=O) groups excluding carboxylic acids is 3. The number of esters is 1. The number of thiazole rings is 1. The van der Waals surface area contributed by atoms with Gasteiger partial charge < -0.3 is 19.3 Å². The second kappa shape index (κ2) is 11.8. The molecule has 200 valence electrons. The van der Waals surface area contributed by atoms with Crippen molar-refractivity contribution in [2.24, 2.45) is 0 Å². The predicted octanol–water partition coefficient (Wildman–Crippen LogP) is 4.99. The van der Waals surface area contributed by atoms with Crippen LogP contribution in [-0.4, -0.2) is 48.1 Å². The minimum Gasteiger partial charge on any atom is -0.507 e. The highest BCUT2D eigenvalue weighted by Gasteiger charge is 2.48. The van der Waals surface area contributed by atoms with Crippen molar-refractivity contribution in [2.45, 2.75) is 13.0 Å². The van der Waals surface area contributed by atoms with Gasteiger partial charge >= 0.3 is 11.9 Å². The molecule has 3 aromatic rings. The zero-order chi connectivity index (χ0) is 28.1. The topological polar surface area (TPSA) is 115 Å². The van der Waals surface area contributed by atoms with Gasteiger partial charge in [0.1, 0.15) is 35.3 Å². The van der Waals surface area contributed by atoms with E-state index in [0.29, 0.717) is 28.3 Å². The number of hydrogen-bond donors (Lipinski definition) is 1. The van der Waals surface area contributed by atoms with Crippen molar-refractivity contribution >= 4 is 39.9 Å². The Bertz CT molecular complexity index is 1470. The summed E-state index contributed by atoms with van der Waals surface area (Å²) in [5, 5.41) is 11.4. The molecule has 1 N–H and O–H groups in total. The molecule has 0 saturated carbocycles. The molecular formula is C29H26N2O7S. The van der Waals surface area contributed by atoms with Gasteiger partial charge in [-0.3, -0.25) is 14.5 Å². The summed E-state index contributed by atoms with van der Waals surface area (Å²) < 4.78 is 16.0. The monoisotopic (exact) mass is 546 g/mol. The SMILES string of the molecule is C=CCOC(=O)c1sc(N2C(=O)C(=O)C(=C(O)c3ccc(OC)cc3)C2c2cccc(OCC=C)c2)nc1C. The van der Waals surface area contributed by atoms with E-state index in [4.69, 9.17) is 14.2 Å². The predicted molar refractivity (Wildman–Crippen MR) is 147 cm³/mol. The van der Waals surface area contributed by atoms with Gasteiger partial charge in [0.05, 0.1) is 24.4 Å². The average Bonchev–Trinajstić information content (AvgIpc) is 3.46. The average molecular weight is 547 g/mol. The van der Waals surface area contributed by atoms with Gasteiger partial charge in [0.15, 0.2) is 5.13 Å². The maximum Gasteiger partial charge on any atom is 0.350 e. The summed E-state index contributed by atoms with van der Waals surface area (Å²) >= 11 is 0.920. The van der Waals surface area contributed by atoms with E-state index >= 15 is 0 Å². The number of aliphatic hydroxyl groups excluding tert-OH is 1. The van der Waals surface area contributed by atoms with Gasteiger partial charge in [-0.25, -0.2) is 9.78 Å².